The van der Waals surface area contributed by atoms with Crippen LogP contribution in [0.4, 0.5) is 4.79 Å². The predicted molar refractivity (Wildman–Crippen MR) is 151 cm³/mol. The van der Waals surface area contributed by atoms with Gasteiger partial charge in [-0.25, -0.2) is 0 Å². The topological polar surface area (TPSA) is 51.5 Å². The van der Waals surface area contributed by atoms with Gasteiger partial charge in [-0.3, -0.25) is 14.5 Å². The standard InChI is InChI=1S/C30H31ClN2O3S/c1-20-18-24(21(2)33(20)25-14-12-23(13-15-25)22-8-4-3-5-9-22)19-28-29(34)32(30(35)37-28)16-17-36-27-11-7-6-10-26(27)31/h6-7,10-15,18-19,22H,3-5,8-9,16-17H2,1-2H3/b28-19-. The second-order valence-electron chi connectivity index (χ2n) is 9.70. The number of nitrogens with zero attached hydrogens (tertiary/aromatic N) is 2. The lowest BCUT2D eigenvalue weighted by Gasteiger charge is -2.22. The molecule has 0 atom stereocenters. The number of hydrogen-bond donors (Lipinski definition) is 0. The molecule has 1 aliphatic carbocycles. The molecule has 2 amide bonds. The Morgan fingerprint density at radius 3 is 2.49 bits per heavy atom. The van der Waals surface area contributed by atoms with Gasteiger partial charge in [0.15, 0.2) is 0 Å². The largest absolute Gasteiger partial charge is 0.490 e. The van der Waals surface area contributed by atoms with E-state index in [4.69, 9.17) is 16.3 Å². The number of amides is 2. The van der Waals surface area contributed by atoms with Crippen LogP contribution in [0.15, 0.2) is 59.5 Å². The Morgan fingerprint density at radius 1 is 1.03 bits per heavy atom. The zero-order valence-corrected chi connectivity index (χ0v) is 22.8. The lowest BCUT2D eigenvalue weighted by Crippen LogP contribution is -2.32. The van der Waals surface area contributed by atoms with Gasteiger partial charge in [0.1, 0.15) is 12.4 Å². The molecule has 0 bridgehead atoms. The fourth-order valence-electron chi connectivity index (χ4n) is 5.31. The lowest BCUT2D eigenvalue weighted by molar-refractivity contribution is -0.123. The minimum absolute atomic E-state index is 0.166. The molecule has 0 radical (unpaired) electrons. The van der Waals surface area contributed by atoms with Crippen molar-refractivity contribution < 1.29 is 14.3 Å². The van der Waals surface area contributed by atoms with Crippen molar-refractivity contribution in [3.05, 3.63) is 87.0 Å². The number of rotatable bonds is 7. The van der Waals surface area contributed by atoms with Crippen LogP contribution < -0.4 is 4.74 Å². The number of thioether (sulfide) groups is 1. The van der Waals surface area contributed by atoms with Gasteiger partial charge in [-0.2, -0.15) is 0 Å². The smallest absolute Gasteiger partial charge is 0.293 e. The highest BCUT2D eigenvalue weighted by Gasteiger charge is 2.35. The number of aryl methyl sites for hydroxylation is 1. The first-order valence-corrected chi connectivity index (χ1v) is 14.0. The molecule has 1 saturated heterocycles. The molecule has 7 heteroatoms. The summed E-state index contributed by atoms with van der Waals surface area (Å²) in [5.74, 6) is 0.918. The van der Waals surface area contributed by atoms with Crippen LogP contribution in [-0.4, -0.2) is 33.8 Å². The molecule has 3 aromatic rings. The average Bonchev–Trinajstić information content (AvgIpc) is 3.34. The maximum atomic E-state index is 13.0. The zero-order valence-electron chi connectivity index (χ0n) is 21.2. The molecule has 1 aliphatic heterocycles. The third-order valence-corrected chi connectivity index (χ3v) is 8.49. The Balaban J connectivity index is 1.29. The van der Waals surface area contributed by atoms with Crippen molar-refractivity contribution in [1.29, 1.82) is 0 Å². The van der Waals surface area contributed by atoms with E-state index in [0.717, 1.165) is 34.4 Å². The van der Waals surface area contributed by atoms with Crippen LogP contribution in [0.1, 0.15) is 60.5 Å². The fourth-order valence-corrected chi connectivity index (χ4v) is 6.35. The van der Waals surface area contributed by atoms with Gasteiger partial charge in [0, 0.05) is 17.1 Å². The summed E-state index contributed by atoms with van der Waals surface area (Å²) in [4.78, 5) is 27.3. The van der Waals surface area contributed by atoms with Gasteiger partial charge in [-0.05, 0) is 91.9 Å². The molecule has 5 rings (SSSR count). The van der Waals surface area contributed by atoms with Crippen LogP contribution in [0.25, 0.3) is 11.8 Å². The minimum atomic E-state index is -0.292. The maximum Gasteiger partial charge on any atom is 0.293 e. The number of hydrogen-bond acceptors (Lipinski definition) is 4. The molecule has 37 heavy (non-hydrogen) atoms. The van der Waals surface area contributed by atoms with Crippen LogP contribution in [0, 0.1) is 13.8 Å². The SMILES string of the molecule is Cc1cc(/C=C2\SC(=O)N(CCOc3ccccc3Cl)C2=O)c(C)n1-c1ccc(C2CCCCC2)cc1. The number of carbonyl (C=O) groups excluding carboxylic acids is 2. The zero-order chi connectivity index (χ0) is 25.9. The van der Waals surface area contributed by atoms with Crippen molar-refractivity contribution >= 4 is 40.6 Å². The molecular formula is C30H31ClN2O3S. The summed E-state index contributed by atoms with van der Waals surface area (Å²) >= 11 is 7.09. The Morgan fingerprint density at radius 2 is 1.76 bits per heavy atom. The van der Waals surface area contributed by atoms with Crippen molar-refractivity contribution in [2.24, 2.45) is 0 Å². The minimum Gasteiger partial charge on any atom is -0.490 e. The first kappa shape index (κ1) is 25.7. The summed E-state index contributed by atoms with van der Waals surface area (Å²) in [7, 11) is 0. The van der Waals surface area contributed by atoms with Crippen molar-refractivity contribution in [2.45, 2.75) is 51.9 Å². The van der Waals surface area contributed by atoms with E-state index in [-0.39, 0.29) is 24.3 Å². The van der Waals surface area contributed by atoms with Crippen LogP contribution in [-0.2, 0) is 4.79 Å². The van der Waals surface area contributed by atoms with Crippen LogP contribution in [0.3, 0.4) is 0 Å². The number of ether oxygens (including phenoxy) is 1. The first-order valence-electron chi connectivity index (χ1n) is 12.8. The average molecular weight is 535 g/mol. The van der Waals surface area contributed by atoms with E-state index >= 15 is 0 Å². The van der Waals surface area contributed by atoms with E-state index in [2.05, 4.69) is 48.7 Å². The molecule has 0 unspecified atom stereocenters. The number of para-hydroxylation sites is 1. The highest BCUT2D eigenvalue weighted by molar-refractivity contribution is 8.18. The second-order valence-corrected chi connectivity index (χ2v) is 11.1. The summed E-state index contributed by atoms with van der Waals surface area (Å²) in [5.41, 5.74) is 5.60. The molecule has 5 nitrogen and oxygen atoms in total. The van der Waals surface area contributed by atoms with Gasteiger partial charge in [-0.15, -0.1) is 0 Å². The van der Waals surface area contributed by atoms with Crippen LogP contribution in [0.2, 0.25) is 5.02 Å². The van der Waals surface area contributed by atoms with Gasteiger partial charge >= 0.3 is 0 Å². The molecule has 2 heterocycles. The number of carbonyl (C=O) groups is 2. The monoisotopic (exact) mass is 534 g/mol. The number of benzene rings is 2. The second kappa shape index (κ2) is 11.2. The molecule has 2 aromatic carbocycles. The highest BCUT2D eigenvalue weighted by Crippen LogP contribution is 2.35. The molecule has 0 N–H and O–H groups in total. The van der Waals surface area contributed by atoms with E-state index < -0.39 is 0 Å². The highest BCUT2D eigenvalue weighted by atomic mass is 35.5. The predicted octanol–water partition coefficient (Wildman–Crippen LogP) is 7.91. The van der Waals surface area contributed by atoms with Crippen molar-refractivity contribution in [2.75, 3.05) is 13.2 Å². The summed E-state index contributed by atoms with van der Waals surface area (Å²) in [6, 6.07) is 18.1. The Kier molecular flexibility index (Phi) is 7.77. The van der Waals surface area contributed by atoms with Gasteiger partial charge in [0.25, 0.3) is 11.1 Å². The van der Waals surface area contributed by atoms with E-state index in [1.54, 1.807) is 12.1 Å². The Labute approximate surface area is 227 Å². The Bertz CT molecular complexity index is 1340. The molecule has 2 aliphatic rings. The molecule has 0 spiro atoms. The number of aromatic nitrogens is 1. The van der Waals surface area contributed by atoms with Gasteiger partial charge in [0.05, 0.1) is 16.5 Å². The van der Waals surface area contributed by atoms with Gasteiger partial charge in [-0.1, -0.05) is 55.1 Å². The van der Waals surface area contributed by atoms with Crippen LogP contribution >= 0.6 is 23.4 Å². The Hall–Kier alpha value is -2.96. The quantitative estimate of drug-likeness (QED) is 0.289. The summed E-state index contributed by atoms with van der Waals surface area (Å²) in [6.45, 7) is 4.47. The van der Waals surface area contributed by atoms with Crippen molar-refractivity contribution in [1.82, 2.24) is 9.47 Å². The van der Waals surface area contributed by atoms with E-state index in [0.29, 0.717) is 21.6 Å². The van der Waals surface area contributed by atoms with E-state index in [1.807, 2.05) is 18.2 Å². The van der Waals surface area contributed by atoms with E-state index in [9.17, 15) is 9.59 Å². The summed E-state index contributed by atoms with van der Waals surface area (Å²) in [5, 5.41) is 0.210. The molecular weight excluding hydrogens is 504 g/mol. The molecule has 1 aromatic heterocycles. The third-order valence-electron chi connectivity index (χ3n) is 7.27. The van der Waals surface area contributed by atoms with Crippen LogP contribution in [0.5, 0.6) is 5.75 Å². The molecule has 192 valence electrons. The van der Waals surface area contributed by atoms with E-state index in [1.165, 1.54) is 42.6 Å². The fraction of sp³-hybridized carbons (Fsp3) is 0.333. The molecule has 1 saturated carbocycles. The summed E-state index contributed by atoms with van der Waals surface area (Å²) < 4.78 is 7.88. The third kappa shape index (κ3) is 5.51. The van der Waals surface area contributed by atoms with Crippen molar-refractivity contribution in [3.8, 4) is 11.4 Å². The lowest BCUT2D eigenvalue weighted by atomic mass is 9.84. The number of halogens is 1. The first-order chi connectivity index (χ1) is 17.9. The van der Waals surface area contributed by atoms with Crippen molar-refractivity contribution in [3.63, 3.8) is 0 Å². The van der Waals surface area contributed by atoms with Gasteiger partial charge < -0.3 is 9.30 Å². The molecule has 2 fully saturated rings. The normalized spacial score (nSPS) is 17.7. The van der Waals surface area contributed by atoms with Gasteiger partial charge in [0.2, 0.25) is 0 Å². The summed E-state index contributed by atoms with van der Waals surface area (Å²) in [6.07, 6.45) is 8.40. The maximum absolute atomic E-state index is 13.0. The number of imide groups is 1.